The van der Waals surface area contributed by atoms with Gasteiger partial charge in [0.05, 0.1) is 12.7 Å². The molecule has 0 bridgehead atoms. The second-order valence-electron chi connectivity index (χ2n) is 3.52. The molecule has 0 amide bonds. The number of aldehydes is 1. The summed E-state index contributed by atoms with van der Waals surface area (Å²) in [6.07, 6.45) is 0.787. The summed E-state index contributed by atoms with van der Waals surface area (Å²) in [4.78, 5) is 22.0. The molecule has 0 radical (unpaired) electrons. The van der Waals surface area contributed by atoms with Crippen molar-refractivity contribution in [2.24, 2.45) is 0 Å². The van der Waals surface area contributed by atoms with Crippen molar-refractivity contribution in [3.05, 3.63) is 46.8 Å². The van der Waals surface area contributed by atoms with Gasteiger partial charge in [-0.25, -0.2) is 4.79 Å². The minimum absolute atomic E-state index is 0.372. The lowest BCUT2D eigenvalue weighted by molar-refractivity contribution is 0.0602. The molecule has 0 aliphatic rings. The molecule has 0 aliphatic heterocycles. The Morgan fingerprint density at radius 3 is 2.61 bits per heavy atom. The Bertz CT molecular complexity index is 560. The third-order valence-electron chi connectivity index (χ3n) is 2.38. The maximum atomic E-state index is 11.5. The van der Waals surface area contributed by atoms with Gasteiger partial charge in [0.1, 0.15) is 11.3 Å². The van der Waals surface area contributed by atoms with Gasteiger partial charge < -0.3 is 10.1 Å². The molecular formula is C13H11NO3S. The molecule has 0 unspecified atom stereocenters. The van der Waals surface area contributed by atoms with Crippen molar-refractivity contribution in [3.8, 4) is 0 Å². The molecule has 92 valence electrons. The number of anilines is 2. The lowest BCUT2D eigenvalue weighted by Crippen LogP contribution is -2.02. The number of carbonyl (C=O) groups is 2. The van der Waals surface area contributed by atoms with Crippen molar-refractivity contribution in [2.45, 2.75) is 0 Å². The van der Waals surface area contributed by atoms with Gasteiger partial charge in [-0.05, 0) is 35.7 Å². The quantitative estimate of drug-likeness (QED) is 0.678. The van der Waals surface area contributed by atoms with Gasteiger partial charge in [-0.1, -0.05) is 0 Å². The minimum Gasteiger partial charge on any atom is -0.465 e. The standard InChI is InChI=1S/C13H11NO3S/c1-17-13(16)11-6-7-18-12(11)14-10-4-2-9(8-15)3-5-10/h2-8,14H,1H3. The molecule has 0 atom stereocenters. The predicted octanol–water partition coefficient (Wildman–Crippen LogP) is 3.09. The number of esters is 1. The van der Waals surface area contributed by atoms with E-state index in [-0.39, 0.29) is 5.97 Å². The Labute approximate surface area is 108 Å². The Kier molecular flexibility index (Phi) is 3.74. The van der Waals surface area contributed by atoms with E-state index in [1.807, 2.05) is 5.38 Å². The first-order valence-electron chi connectivity index (χ1n) is 5.22. The lowest BCUT2D eigenvalue weighted by atomic mass is 10.2. The third-order valence-corrected chi connectivity index (χ3v) is 3.21. The van der Waals surface area contributed by atoms with Crippen LogP contribution in [0.3, 0.4) is 0 Å². The Morgan fingerprint density at radius 2 is 2.00 bits per heavy atom. The van der Waals surface area contributed by atoms with E-state index in [4.69, 9.17) is 4.74 Å². The molecular weight excluding hydrogens is 250 g/mol. The zero-order valence-electron chi connectivity index (χ0n) is 9.67. The van der Waals surface area contributed by atoms with Crippen LogP contribution in [0.2, 0.25) is 0 Å². The second kappa shape index (κ2) is 5.46. The number of nitrogens with one attached hydrogen (secondary N) is 1. The van der Waals surface area contributed by atoms with Gasteiger partial charge in [-0.2, -0.15) is 0 Å². The molecule has 0 fully saturated rings. The first kappa shape index (κ1) is 12.3. The molecule has 1 N–H and O–H groups in total. The van der Waals surface area contributed by atoms with Gasteiger partial charge in [0.2, 0.25) is 0 Å². The molecule has 2 aromatic rings. The highest BCUT2D eigenvalue weighted by atomic mass is 32.1. The van der Waals surface area contributed by atoms with Crippen LogP contribution >= 0.6 is 11.3 Å². The minimum atomic E-state index is -0.372. The largest absolute Gasteiger partial charge is 0.465 e. The summed E-state index contributed by atoms with van der Waals surface area (Å²) in [6, 6.07) is 8.69. The maximum Gasteiger partial charge on any atom is 0.340 e. The molecule has 1 aromatic carbocycles. The normalized spacial score (nSPS) is 9.83. The Balaban J connectivity index is 2.20. The van der Waals surface area contributed by atoms with Crippen molar-refractivity contribution in [3.63, 3.8) is 0 Å². The first-order chi connectivity index (χ1) is 8.74. The van der Waals surface area contributed by atoms with Crippen molar-refractivity contribution >= 4 is 34.3 Å². The van der Waals surface area contributed by atoms with Crippen molar-refractivity contribution in [1.82, 2.24) is 0 Å². The summed E-state index contributed by atoms with van der Waals surface area (Å²) in [5.74, 6) is -0.372. The van der Waals surface area contributed by atoms with E-state index in [0.29, 0.717) is 11.1 Å². The summed E-state index contributed by atoms with van der Waals surface area (Å²) in [5, 5.41) is 5.66. The van der Waals surface area contributed by atoms with Crippen molar-refractivity contribution in [1.29, 1.82) is 0 Å². The smallest absolute Gasteiger partial charge is 0.340 e. The number of carbonyl (C=O) groups excluding carboxylic acids is 2. The third kappa shape index (κ3) is 2.57. The molecule has 4 nitrogen and oxygen atoms in total. The summed E-state index contributed by atoms with van der Waals surface area (Å²) in [6.45, 7) is 0. The topological polar surface area (TPSA) is 55.4 Å². The summed E-state index contributed by atoms with van der Waals surface area (Å²) in [5.41, 5.74) is 1.93. The van der Waals surface area contributed by atoms with Crippen LogP contribution in [0, 0.1) is 0 Å². The SMILES string of the molecule is COC(=O)c1ccsc1Nc1ccc(C=O)cc1. The number of benzene rings is 1. The van der Waals surface area contributed by atoms with E-state index in [1.54, 1.807) is 30.3 Å². The van der Waals surface area contributed by atoms with Crippen LogP contribution in [0.1, 0.15) is 20.7 Å². The molecule has 0 spiro atoms. The van der Waals surface area contributed by atoms with Gasteiger partial charge >= 0.3 is 5.97 Å². The monoisotopic (exact) mass is 261 g/mol. The second-order valence-corrected chi connectivity index (χ2v) is 4.44. The maximum absolute atomic E-state index is 11.5. The highest BCUT2D eigenvalue weighted by Gasteiger charge is 2.13. The highest BCUT2D eigenvalue weighted by molar-refractivity contribution is 7.14. The van der Waals surface area contributed by atoms with Gasteiger partial charge in [-0.15, -0.1) is 11.3 Å². The number of hydrogen-bond acceptors (Lipinski definition) is 5. The van der Waals surface area contributed by atoms with Crippen LogP contribution in [0.4, 0.5) is 10.7 Å². The molecule has 5 heteroatoms. The molecule has 0 aliphatic carbocycles. The van der Waals surface area contributed by atoms with E-state index in [2.05, 4.69) is 5.32 Å². The zero-order valence-corrected chi connectivity index (χ0v) is 10.5. The van der Waals surface area contributed by atoms with Crippen LogP contribution in [0.15, 0.2) is 35.7 Å². The van der Waals surface area contributed by atoms with E-state index < -0.39 is 0 Å². The average Bonchev–Trinajstić information content (AvgIpc) is 2.87. The number of hydrogen-bond donors (Lipinski definition) is 1. The van der Waals surface area contributed by atoms with Crippen LogP contribution in [-0.2, 0) is 4.74 Å². The summed E-state index contributed by atoms with van der Waals surface area (Å²) >= 11 is 1.42. The predicted molar refractivity (Wildman–Crippen MR) is 70.8 cm³/mol. The van der Waals surface area contributed by atoms with Gasteiger partial charge in [0.15, 0.2) is 0 Å². The van der Waals surface area contributed by atoms with Crippen molar-refractivity contribution < 1.29 is 14.3 Å². The fourth-order valence-corrected chi connectivity index (χ4v) is 2.25. The number of rotatable bonds is 4. The average molecular weight is 261 g/mol. The van der Waals surface area contributed by atoms with E-state index in [9.17, 15) is 9.59 Å². The highest BCUT2D eigenvalue weighted by Crippen LogP contribution is 2.27. The Morgan fingerprint density at radius 1 is 1.28 bits per heavy atom. The van der Waals surface area contributed by atoms with Crippen molar-refractivity contribution in [2.75, 3.05) is 12.4 Å². The number of thiophene rings is 1. The van der Waals surface area contributed by atoms with Crippen LogP contribution in [0.5, 0.6) is 0 Å². The molecule has 18 heavy (non-hydrogen) atoms. The molecule has 0 saturated heterocycles. The fourth-order valence-electron chi connectivity index (χ4n) is 1.45. The number of methoxy groups -OCH3 is 1. The van der Waals surface area contributed by atoms with E-state index in [1.165, 1.54) is 18.4 Å². The summed E-state index contributed by atoms with van der Waals surface area (Å²) < 4.78 is 4.69. The molecule has 1 aromatic heterocycles. The Hall–Kier alpha value is -2.14. The van der Waals surface area contributed by atoms with Crippen LogP contribution in [0.25, 0.3) is 0 Å². The molecule has 2 rings (SSSR count). The lowest BCUT2D eigenvalue weighted by Gasteiger charge is -2.06. The van der Waals surface area contributed by atoms with Crippen LogP contribution in [-0.4, -0.2) is 19.4 Å². The van der Waals surface area contributed by atoms with Gasteiger partial charge in [0.25, 0.3) is 0 Å². The van der Waals surface area contributed by atoms with Gasteiger partial charge in [0, 0.05) is 11.3 Å². The van der Waals surface area contributed by atoms with Gasteiger partial charge in [-0.3, -0.25) is 4.79 Å². The molecule has 0 saturated carbocycles. The number of ether oxygens (including phenoxy) is 1. The summed E-state index contributed by atoms with van der Waals surface area (Å²) in [7, 11) is 1.35. The van der Waals surface area contributed by atoms with E-state index in [0.717, 1.165) is 17.0 Å². The van der Waals surface area contributed by atoms with E-state index >= 15 is 0 Å². The first-order valence-corrected chi connectivity index (χ1v) is 6.10. The fraction of sp³-hybridized carbons (Fsp3) is 0.0769. The zero-order chi connectivity index (χ0) is 13.0. The van der Waals surface area contributed by atoms with Crippen LogP contribution < -0.4 is 5.32 Å². The molecule has 1 heterocycles.